The standard InChI is InChI=1S/C18H25ClN2O2/c1-12(2)17(14-7-5-6-8-15(14)19)21(4)18(23)13-9-10-20(3)16(22)11-13/h5-8,12-13,17H,9-11H2,1-4H3/t13-,17+/m0/s1. The molecule has 0 aromatic heterocycles. The lowest BCUT2D eigenvalue weighted by molar-refractivity contribution is -0.145. The maximum absolute atomic E-state index is 12.9. The largest absolute Gasteiger partial charge is 0.346 e. The molecule has 0 saturated carbocycles. The topological polar surface area (TPSA) is 40.6 Å². The average Bonchev–Trinajstić information content (AvgIpc) is 2.51. The van der Waals surface area contributed by atoms with E-state index in [9.17, 15) is 9.59 Å². The third-order valence-electron chi connectivity index (χ3n) is 4.63. The van der Waals surface area contributed by atoms with Crippen LogP contribution in [0.3, 0.4) is 0 Å². The van der Waals surface area contributed by atoms with Gasteiger partial charge in [0, 0.05) is 38.0 Å². The number of halogens is 1. The number of nitrogens with zero attached hydrogens (tertiary/aromatic N) is 2. The van der Waals surface area contributed by atoms with E-state index in [0.717, 1.165) is 12.0 Å². The van der Waals surface area contributed by atoms with E-state index in [0.29, 0.717) is 18.0 Å². The van der Waals surface area contributed by atoms with Crippen LogP contribution in [-0.4, -0.2) is 42.3 Å². The van der Waals surface area contributed by atoms with Crippen LogP contribution in [0.5, 0.6) is 0 Å². The lowest BCUT2D eigenvalue weighted by Gasteiger charge is -2.36. The molecule has 1 aliphatic heterocycles. The van der Waals surface area contributed by atoms with Crippen LogP contribution in [0.4, 0.5) is 0 Å². The Hall–Kier alpha value is -1.55. The number of rotatable bonds is 4. The number of hydrogen-bond donors (Lipinski definition) is 0. The molecular formula is C18H25ClN2O2. The van der Waals surface area contributed by atoms with E-state index in [1.807, 2.05) is 31.3 Å². The molecular weight excluding hydrogens is 312 g/mol. The second-order valence-electron chi connectivity index (χ2n) is 6.66. The van der Waals surface area contributed by atoms with Gasteiger partial charge in [0.05, 0.1) is 6.04 Å². The average molecular weight is 337 g/mol. The first-order chi connectivity index (χ1) is 10.8. The normalized spacial score (nSPS) is 19.8. The summed E-state index contributed by atoms with van der Waals surface area (Å²) in [4.78, 5) is 28.3. The summed E-state index contributed by atoms with van der Waals surface area (Å²) in [5.41, 5.74) is 0.958. The van der Waals surface area contributed by atoms with Crippen molar-refractivity contribution in [1.82, 2.24) is 9.80 Å². The highest BCUT2D eigenvalue weighted by Gasteiger charge is 2.34. The highest BCUT2D eigenvalue weighted by molar-refractivity contribution is 6.31. The zero-order chi connectivity index (χ0) is 17.1. The summed E-state index contributed by atoms with van der Waals surface area (Å²) in [6.45, 7) is 4.80. The Morgan fingerprint density at radius 3 is 2.57 bits per heavy atom. The third kappa shape index (κ3) is 3.86. The number of carbonyl (C=O) groups is 2. The molecule has 2 atom stereocenters. The van der Waals surface area contributed by atoms with Gasteiger partial charge in [0.1, 0.15) is 0 Å². The van der Waals surface area contributed by atoms with Gasteiger partial charge in [-0.15, -0.1) is 0 Å². The Morgan fingerprint density at radius 1 is 1.35 bits per heavy atom. The molecule has 1 aromatic rings. The van der Waals surface area contributed by atoms with Crippen LogP contribution in [-0.2, 0) is 9.59 Å². The first-order valence-electron chi connectivity index (χ1n) is 8.08. The molecule has 0 aliphatic carbocycles. The molecule has 5 heteroatoms. The van der Waals surface area contributed by atoms with Gasteiger partial charge >= 0.3 is 0 Å². The summed E-state index contributed by atoms with van der Waals surface area (Å²) in [5, 5.41) is 0.672. The number of amides is 2. The van der Waals surface area contributed by atoms with Crippen LogP contribution >= 0.6 is 11.6 Å². The molecule has 0 N–H and O–H groups in total. The molecule has 23 heavy (non-hydrogen) atoms. The molecule has 0 unspecified atom stereocenters. The summed E-state index contributed by atoms with van der Waals surface area (Å²) < 4.78 is 0. The summed E-state index contributed by atoms with van der Waals surface area (Å²) in [5.74, 6) is 0.0742. The van der Waals surface area contributed by atoms with Crippen molar-refractivity contribution in [1.29, 1.82) is 0 Å². The van der Waals surface area contributed by atoms with Gasteiger partial charge < -0.3 is 9.80 Å². The van der Waals surface area contributed by atoms with Gasteiger partial charge in [-0.25, -0.2) is 0 Å². The lowest BCUT2D eigenvalue weighted by atomic mass is 9.90. The minimum absolute atomic E-state index is 0.0325. The monoisotopic (exact) mass is 336 g/mol. The molecule has 4 nitrogen and oxygen atoms in total. The number of carbonyl (C=O) groups excluding carboxylic acids is 2. The Bertz CT molecular complexity index is 588. The number of piperidine rings is 1. The molecule has 1 aromatic carbocycles. The van der Waals surface area contributed by atoms with Crippen LogP contribution in [0, 0.1) is 11.8 Å². The van der Waals surface area contributed by atoms with Crippen molar-refractivity contribution in [3.63, 3.8) is 0 Å². The summed E-state index contributed by atoms with van der Waals surface area (Å²) in [6, 6.07) is 7.56. The summed E-state index contributed by atoms with van der Waals surface area (Å²) >= 11 is 6.34. The van der Waals surface area contributed by atoms with Crippen LogP contribution in [0.15, 0.2) is 24.3 Å². The highest BCUT2D eigenvalue weighted by Crippen LogP contribution is 2.34. The summed E-state index contributed by atoms with van der Waals surface area (Å²) in [6.07, 6.45) is 1.02. The zero-order valence-electron chi connectivity index (χ0n) is 14.3. The molecule has 2 amide bonds. The molecule has 0 spiro atoms. The van der Waals surface area contributed by atoms with Crippen molar-refractivity contribution in [3.8, 4) is 0 Å². The van der Waals surface area contributed by atoms with E-state index < -0.39 is 0 Å². The van der Waals surface area contributed by atoms with E-state index in [-0.39, 0.29) is 29.7 Å². The van der Waals surface area contributed by atoms with Gasteiger partial charge in [0.15, 0.2) is 0 Å². The van der Waals surface area contributed by atoms with Crippen molar-refractivity contribution >= 4 is 23.4 Å². The Labute approximate surface area is 143 Å². The highest BCUT2D eigenvalue weighted by atomic mass is 35.5. The fourth-order valence-corrected chi connectivity index (χ4v) is 3.56. The fourth-order valence-electron chi connectivity index (χ4n) is 3.31. The predicted octanol–water partition coefficient (Wildman–Crippen LogP) is 3.36. The van der Waals surface area contributed by atoms with E-state index in [1.165, 1.54) is 0 Å². The van der Waals surface area contributed by atoms with Gasteiger partial charge in [-0.2, -0.15) is 0 Å². The fraction of sp³-hybridized carbons (Fsp3) is 0.556. The van der Waals surface area contributed by atoms with E-state index in [2.05, 4.69) is 13.8 Å². The van der Waals surface area contributed by atoms with Crippen molar-refractivity contribution < 1.29 is 9.59 Å². The van der Waals surface area contributed by atoms with Gasteiger partial charge in [-0.3, -0.25) is 9.59 Å². The van der Waals surface area contributed by atoms with Crippen molar-refractivity contribution in [2.75, 3.05) is 20.6 Å². The second-order valence-corrected chi connectivity index (χ2v) is 7.07. The van der Waals surface area contributed by atoms with Crippen molar-refractivity contribution in [2.45, 2.75) is 32.7 Å². The zero-order valence-corrected chi connectivity index (χ0v) is 15.0. The number of likely N-dealkylation sites (tertiary alicyclic amines) is 1. The number of benzene rings is 1. The minimum atomic E-state index is -0.229. The maximum atomic E-state index is 12.9. The number of hydrogen-bond acceptors (Lipinski definition) is 2. The minimum Gasteiger partial charge on any atom is -0.346 e. The Morgan fingerprint density at radius 2 is 2.00 bits per heavy atom. The molecule has 1 saturated heterocycles. The molecule has 2 rings (SSSR count). The molecule has 0 bridgehead atoms. The molecule has 0 radical (unpaired) electrons. The van der Waals surface area contributed by atoms with Crippen LogP contribution in [0.2, 0.25) is 5.02 Å². The Balaban J connectivity index is 2.21. The van der Waals surface area contributed by atoms with E-state index in [4.69, 9.17) is 11.6 Å². The van der Waals surface area contributed by atoms with E-state index in [1.54, 1.807) is 16.8 Å². The quantitative estimate of drug-likeness (QED) is 0.845. The SMILES string of the molecule is CC(C)[C@H](c1ccccc1Cl)N(C)C(=O)[C@H]1CCN(C)C(=O)C1. The Kier molecular flexibility index (Phi) is 5.69. The first-order valence-corrected chi connectivity index (χ1v) is 8.45. The first kappa shape index (κ1) is 17.8. The second kappa shape index (κ2) is 7.35. The van der Waals surface area contributed by atoms with Crippen molar-refractivity contribution in [3.05, 3.63) is 34.9 Å². The molecule has 1 fully saturated rings. The molecule has 1 aliphatic rings. The van der Waals surface area contributed by atoms with Gasteiger partial charge in [0.2, 0.25) is 11.8 Å². The summed E-state index contributed by atoms with van der Waals surface area (Å²) in [7, 11) is 3.60. The van der Waals surface area contributed by atoms with Gasteiger partial charge in [-0.1, -0.05) is 43.6 Å². The van der Waals surface area contributed by atoms with Crippen LogP contribution < -0.4 is 0 Å². The maximum Gasteiger partial charge on any atom is 0.226 e. The van der Waals surface area contributed by atoms with Crippen LogP contribution in [0.1, 0.15) is 38.3 Å². The van der Waals surface area contributed by atoms with E-state index >= 15 is 0 Å². The molecule has 126 valence electrons. The predicted molar refractivity (Wildman–Crippen MR) is 92.2 cm³/mol. The smallest absolute Gasteiger partial charge is 0.226 e. The van der Waals surface area contributed by atoms with Gasteiger partial charge in [0.25, 0.3) is 0 Å². The van der Waals surface area contributed by atoms with Crippen LogP contribution in [0.25, 0.3) is 0 Å². The van der Waals surface area contributed by atoms with Crippen molar-refractivity contribution in [2.24, 2.45) is 11.8 Å². The third-order valence-corrected chi connectivity index (χ3v) is 4.97. The molecule has 1 heterocycles. The lowest BCUT2D eigenvalue weighted by Crippen LogP contribution is -2.44. The van der Waals surface area contributed by atoms with Gasteiger partial charge in [-0.05, 0) is 24.0 Å².